The highest BCUT2D eigenvalue weighted by Crippen LogP contribution is 2.26. The predicted octanol–water partition coefficient (Wildman–Crippen LogP) is 4.06. The first-order chi connectivity index (χ1) is 9.25. The Labute approximate surface area is 113 Å². The van der Waals surface area contributed by atoms with Gasteiger partial charge in [0, 0.05) is 18.3 Å². The first-order valence-electron chi connectivity index (χ1n) is 6.39. The van der Waals surface area contributed by atoms with Gasteiger partial charge >= 0.3 is 0 Å². The van der Waals surface area contributed by atoms with Crippen molar-refractivity contribution in [2.45, 2.75) is 6.92 Å². The molecule has 0 N–H and O–H groups in total. The zero-order valence-corrected chi connectivity index (χ0v) is 11.2. The van der Waals surface area contributed by atoms with Crippen molar-refractivity contribution >= 4 is 0 Å². The fourth-order valence-electron chi connectivity index (χ4n) is 2.25. The maximum absolute atomic E-state index is 4.48. The van der Waals surface area contributed by atoms with E-state index in [1.54, 1.807) is 0 Å². The van der Waals surface area contributed by atoms with Gasteiger partial charge < -0.3 is 4.57 Å². The maximum Gasteiger partial charge on any atom is 0.0953 e. The minimum atomic E-state index is 1.06. The molecule has 3 aromatic rings. The Morgan fingerprint density at radius 2 is 1.53 bits per heavy atom. The van der Waals surface area contributed by atoms with Gasteiger partial charge in [0.1, 0.15) is 0 Å². The normalized spacial score (nSPS) is 10.6. The first-order valence-corrected chi connectivity index (χ1v) is 6.39. The molecular weight excluding hydrogens is 232 g/mol. The molecule has 0 unspecified atom stereocenters. The topological polar surface area (TPSA) is 17.8 Å². The second kappa shape index (κ2) is 4.73. The fourth-order valence-corrected chi connectivity index (χ4v) is 2.25. The average Bonchev–Trinajstić information content (AvgIpc) is 2.80. The summed E-state index contributed by atoms with van der Waals surface area (Å²) in [5.74, 6) is 0. The quantitative estimate of drug-likeness (QED) is 0.668. The molecule has 0 radical (unpaired) electrons. The van der Waals surface area contributed by atoms with Crippen LogP contribution in [0.25, 0.3) is 22.4 Å². The summed E-state index contributed by atoms with van der Waals surface area (Å²) in [6.07, 6.45) is 1.86. The molecular formula is C17H16N2. The van der Waals surface area contributed by atoms with Crippen LogP contribution in [0.5, 0.6) is 0 Å². The molecule has 0 spiro atoms. The lowest BCUT2D eigenvalue weighted by molar-refractivity contribution is 0.874. The van der Waals surface area contributed by atoms with Crippen molar-refractivity contribution < 1.29 is 0 Å². The molecule has 0 aliphatic carbocycles. The zero-order chi connectivity index (χ0) is 13.2. The molecule has 0 aliphatic rings. The molecule has 0 saturated heterocycles. The molecule has 3 rings (SSSR count). The summed E-state index contributed by atoms with van der Waals surface area (Å²) in [4.78, 5) is 4.48. The van der Waals surface area contributed by atoms with E-state index in [-0.39, 0.29) is 0 Å². The van der Waals surface area contributed by atoms with E-state index >= 15 is 0 Å². The Morgan fingerprint density at radius 3 is 2.21 bits per heavy atom. The highest BCUT2D eigenvalue weighted by molar-refractivity contribution is 5.72. The molecule has 1 aromatic heterocycles. The molecule has 2 aromatic carbocycles. The molecule has 94 valence electrons. The van der Waals surface area contributed by atoms with Gasteiger partial charge in [-0.05, 0) is 24.1 Å². The van der Waals surface area contributed by atoms with Crippen LogP contribution >= 0.6 is 0 Å². The van der Waals surface area contributed by atoms with Crippen LogP contribution in [-0.2, 0) is 7.05 Å². The zero-order valence-electron chi connectivity index (χ0n) is 11.2. The van der Waals surface area contributed by atoms with Gasteiger partial charge in [-0.15, -0.1) is 0 Å². The lowest BCUT2D eigenvalue weighted by atomic mass is 10.0. The van der Waals surface area contributed by atoms with E-state index in [4.69, 9.17) is 0 Å². The molecule has 0 saturated carbocycles. The number of nitrogens with zero attached hydrogens (tertiary/aromatic N) is 2. The van der Waals surface area contributed by atoms with Crippen LogP contribution in [0.2, 0.25) is 0 Å². The van der Waals surface area contributed by atoms with Gasteiger partial charge in [0.2, 0.25) is 0 Å². The van der Waals surface area contributed by atoms with E-state index in [0.29, 0.717) is 0 Å². The van der Waals surface area contributed by atoms with Crippen molar-refractivity contribution in [1.82, 2.24) is 9.55 Å². The molecule has 1 heterocycles. The summed E-state index contributed by atoms with van der Waals surface area (Å²) in [6, 6.07) is 19.0. The van der Waals surface area contributed by atoms with Crippen LogP contribution < -0.4 is 0 Å². The number of imidazole rings is 1. The third-order valence-electron chi connectivity index (χ3n) is 3.47. The number of benzene rings is 2. The number of rotatable bonds is 2. The highest BCUT2D eigenvalue weighted by Gasteiger charge is 2.07. The number of aromatic nitrogens is 2. The largest absolute Gasteiger partial charge is 0.337 e. The van der Waals surface area contributed by atoms with Crippen molar-refractivity contribution in [1.29, 1.82) is 0 Å². The van der Waals surface area contributed by atoms with Gasteiger partial charge in [-0.2, -0.15) is 0 Å². The van der Waals surface area contributed by atoms with E-state index in [1.165, 1.54) is 22.4 Å². The van der Waals surface area contributed by atoms with Gasteiger partial charge in [0.05, 0.1) is 12.0 Å². The Kier molecular flexibility index (Phi) is 2.92. The van der Waals surface area contributed by atoms with E-state index in [1.807, 2.05) is 24.0 Å². The Bertz CT molecular complexity index is 696. The number of hydrogen-bond donors (Lipinski definition) is 0. The third kappa shape index (κ3) is 2.17. The third-order valence-corrected chi connectivity index (χ3v) is 3.47. The van der Waals surface area contributed by atoms with Crippen LogP contribution in [0.4, 0.5) is 0 Å². The number of aryl methyl sites for hydroxylation is 1. The summed E-state index contributed by atoms with van der Waals surface area (Å²) >= 11 is 0. The second-order valence-corrected chi connectivity index (χ2v) is 4.74. The smallest absolute Gasteiger partial charge is 0.0953 e. The molecule has 0 amide bonds. The number of hydrogen-bond acceptors (Lipinski definition) is 1. The lowest BCUT2D eigenvalue weighted by Crippen LogP contribution is -1.89. The summed E-state index contributed by atoms with van der Waals surface area (Å²) in [6.45, 7) is 2.09. The molecule has 19 heavy (non-hydrogen) atoms. The lowest BCUT2D eigenvalue weighted by Gasteiger charge is -2.05. The Hall–Kier alpha value is -2.35. The van der Waals surface area contributed by atoms with E-state index in [9.17, 15) is 0 Å². The summed E-state index contributed by atoms with van der Waals surface area (Å²) < 4.78 is 2.05. The molecule has 2 heteroatoms. The molecule has 0 atom stereocenters. The molecule has 0 fully saturated rings. The van der Waals surface area contributed by atoms with E-state index in [2.05, 4.69) is 60.4 Å². The minimum absolute atomic E-state index is 1.06. The van der Waals surface area contributed by atoms with Crippen molar-refractivity contribution in [3.8, 4) is 22.4 Å². The summed E-state index contributed by atoms with van der Waals surface area (Å²) in [5, 5.41) is 0. The van der Waals surface area contributed by atoms with Crippen LogP contribution in [0.1, 0.15) is 5.69 Å². The van der Waals surface area contributed by atoms with Crippen molar-refractivity contribution in [3.05, 3.63) is 66.6 Å². The average molecular weight is 248 g/mol. The van der Waals surface area contributed by atoms with Gasteiger partial charge in [-0.25, -0.2) is 4.98 Å². The van der Waals surface area contributed by atoms with Crippen molar-refractivity contribution in [3.63, 3.8) is 0 Å². The van der Waals surface area contributed by atoms with Gasteiger partial charge in [0.25, 0.3) is 0 Å². The molecule has 0 bridgehead atoms. The van der Waals surface area contributed by atoms with Gasteiger partial charge in [-0.1, -0.05) is 48.5 Å². The fraction of sp³-hybridized carbons (Fsp3) is 0.118. The van der Waals surface area contributed by atoms with Crippen LogP contribution in [0.15, 0.2) is 60.9 Å². The minimum Gasteiger partial charge on any atom is -0.337 e. The second-order valence-electron chi connectivity index (χ2n) is 4.74. The maximum atomic E-state index is 4.48. The first kappa shape index (κ1) is 11.7. The molecule has 0 aliphatic heterocycles. The van der Waals surface area contributed by atoms with E-state index in [0.717, 1.165) is 5.69 Å². The summed E-state index contributed by atoms with van der Waals surface area (Å²) in [7, 11) is 2.02. The Morgan fingerprint density at radius 1 is 0.842 bits per heavy atom. The van der Waals surface area contributed by atoms with Crippen LogP contribution in [0, 0.1) is 6.92 Å². The highest BCUT2D eigenvalue weighted by atomic mass is 15.0. The SMILES string of the molecule is Cc1c(-c2cccc(-c3ccccc3)c2)ncn1C. The Balaban J connectivity index is 2.08. The predicted molar refractivity (Wildman–Crippen MR) is 78.8 cm³/mol. The van der Waals surface area contributed by atoms with Gasteiger partial charge in [0.15, 0.2) is 0 Å². The van der Waals surface area contributed by atoms with Crippen LogP contribution in [0.3, 0.4) is 0 Å². The molecule has 2 nitrogen and oxygen atoms in total. The van der Waals surface area contributed by atoms with Crippen molar-refractivity contribution in [2.24, 2.45) is 7.05 Å². The summed E-state index contributed by atoms with van der Waals surface area (Å²) in [5.41, 5.74) is 5.87. The van der Waals surface area contributed by atoms with Crippen molar-refractivity contribution in [2.75, 3.05) is 0 Å². The van der Waals surface area contributed by atoms with Gasteiger partial charge in [-0.3, -0.25) is 0 Å². The monoisotopic (exact) mass is 248 g/mol. The van der Waals surface area contributed by atoms with E-state index < -0.39 is 0 Å². The standard InChI is InChI=1S/C17H16N2/c1-13-17(18-12-19(13)2)16-10-6-9-15(11-16)14-7-4-3-5-8-14/h3-12H,1-2H3. The van der Waals surface area contributed by atoms with Crippen LogP contribution in [-0.4, -0.2) is 9.55 Å².